The van der Waals surface area contributed by atoms with Crippen molar-refractivity contribution in [3.63, 3.8) is 0 Å². The van der Waals surface area contributed by atoms with Crippen LogP contribution in [0, 0.1) is 5.41 Å². The van der Waals surface area contributed by atoms with Crippen LogP contribution in [0.5, 0.6) is 0 Å². The first-order valence-corrected chi connectivity index (χ1v) is 26.9. The average molecular weight is 807 g/mol. The lowest BCUT2D eigenvalue weighted by Crippen LogP contribution is -2.52. The molecule has 57 heavy (non-hydrogen) atoms. The summed E-state index contributed by atoms with van der Waals surface area (Å²) in [5.74, 6) is 0. The highest BCUT2D eigenvalue weighted by Crippen LogP contribution is 2.49. The Hall–Kier alpha value is -0.120. The van der Waals surface area contributed by atoms with Crippen molar-refractivity contribution in [1.82, 2.24) is 0 Å². The van der Waals surface area contributed by atoms with Gasteiger partial charge in [0.05, 0.1) is 24.9 Å². The summed E-state index contributed by atoms with van der Waals surface area (Å²) in [6.07, 6.45) is 58.0. The van der Waals surface area contributed by atoms with Crippen LogP contribution in [0.25, 0.3) is 0 Å². The molecule has 2 atom stereocenters. The highest BCUT2D eigenvalue weighted by atomic mass is 16.5. The first kappa shape index (κ1) is 56.9. The second-order valence-corrected chi connectivity index (χ2v) is 19.3. The van der Waals surface area contributed by atoms with E-state index >= 15 is 0 Å². The second-order valence-electron chi connectivity index (χ2n) is 19.3. The molecule has 2 N–H and O–H groups in total. The molecule has 2 unspecified atom stereocenters. The minimum absolute atomic E-state index is 0.0245. The smallest absolute Gasteiger partial charge is 0.0936 e. The minimum atomic E-state index is -0.825. The lowest BCUT2D eigenvalue weighted by molar-refractivity contribution is -0.164. The number of unbranched alkanes of at least 4 members (excludes halogenated alkanes) is 36. The van der Waals surface area contributed by atoms with Crippen LogP contribution in [0.1, 0.15) is 317 Å². The fraction of sp³-hybridized carbons (Fsp3) is 1.00. The van der Waals surface area contributed by atoms with E-state index in [-0.39, 0.29) is 18.1 Å². The molecule has 0 rings (SSSR count). The van der Waals surface area contributed by atoms with Gasteiger partial charge in [0.15, 0.2) is 0 Å². The van der Waals surface area contributed by atoms with Crippen LogP contribution >= 0.6 is 0 Å². The minimum Gasteiger partial charge on any atom is -0.394 e. The van der Waals surface area contributed by atoms with Crippen molar-refractivity contribution < 1.29 is 14.9 Å². The predicted octanol–water partition coefficient (Wildman–Crippen LogP) is 18.3. The summed E-state index contributed by atoms with van der Waals surface area (Å²) in [4.78, 5) is 0. The average Bonchev–Trinajstić information content (AvgIpc) is 3.22. The van der Waals surface area contributed by atoms with Crippen LogP contribution in [-0.4, -0.2) is 35.1 Å². The highest BCUT2D eigenvalue weighted by Gasteiger charge is 2.48. The van der Waals surface area contributed by atoms with E-state index in [2.05, 4.69) is 27.7 Å². The number of hydrogen-bond donors (Lipinski definition) is 2. The molecule has 0 amide bonds. The Balaban J connectivity index is 5.81. The van der Waals surface area contributed by atoms with E-state index in [0.717, 1.165) is 32.1 Å². The summed E-state index contributed by atoms with van der Waals surface area (Å²) in [6, 6.07) is 0. The van der Waals surface area contributed by atoms with Crippen molar-refractivity contribution in [3.8, 4) is 0 Å². The molecule has 344 valence electrons. The Morgan fingerprint density at radius 2 is 0.544 bits per heavy atom. The number of ether oxygens (including phenoxy) is 1. The Morgan fingerprint density at radius 1 is 0.333 bits per heavy atom. The maximum absolute atomic E-state index is 13.2. The van der Waals surface area contributed by atoms with E-state index in [4.69, 9.17) is 4.74 Å². The van der Waals surface area contributed by atoms with Gasteiger partial charge in [0.25, 0.3) is 0 Å². The van der Waals surface area contributed by atoms with Gasteiger partial charge in [-0.25, -0.2) is 0 Å². The second kappa shape index (κ2) is 44.0. The summed E-state index contributed by atoms with van der Waals surface area (Å²) < 4.78 is 6.40. The third-order valence-corrected chi connectivity index (χ3v) is 13.8. The van der Waals surface area contributed by atoms with E-state index in [1.807, 2.05) is 6.92 Å². The quantitative estimate of drug-likeness (QED) is 0.0602. The summed E-state index contributed by atoms with van der Waals surface area (Å²) >= 11 is 0. The molecule has 0 saturated heterocycles. The van der Waals surface area contributed by atoms with Gasteiger partial charge in [-0.1, -0.05) is 285 Å². The van der Waals surface area contributed by atoms with Crippen LogP contribution in [0.15, 0.2) is 0 Å². The van der Waals surface area contributed by atoms with Crippen LogP contribution in [-0.2, 0) is 4.74 Å². The van der Waals surface area contributed by atoms with Crippen LogP contribution in [0.2, 0.25) is 0 Å². The van der Waals surface area contributed by atoms with Crippen molar-refractivity contribution >= 4 is 0 Å². The molecule has 0 aliphatic carbocycles. The van der Waals surface area contributed by atoms with Crippen molar-refractivity contribution in [2.75, 3.05) is 13.2 Å². The predicted molar refractivity (Wildman–Crippen MR) is 256 cm³/mol. The molecule has 0 spiro atoms. The number of rotatable bonds is 49. The van der Waals surface area contributed by atoms with Crippen molar-refractivity contribution in [1.29, 1.82) is 0 Å². The molecule has 3 heteroatoms. The Kier molecular flexibility index (Phi) is 43.9. The molecular weight excluding hydrogens is 697 g/mol. The van der Waals surface area contributed by atoms with Crippen molar-refractivity contribution in [3.05, 3.63) is 0 Å². The third-order valence-electron chi connectivity index (χ3n) is 13.8. The monoisotopic (exact) mass is 807 g/mol. The van der Waals surface area contributed by atoms with E-state index in [1.54, 1.807) is 0 Å². The Labute approximate surface area is 361 Å². The van der Waals surface area contributed by atoms with E-state index in [9.17, 15) is 10.2 Å². The molecular formula is C54H110O3. The van der Waals surface area contributed by atoms with E-state index in [1.165, 1.54) is 250 Å². The first-order chi connectivity index (χ1) is 27.9. The fourth-order valence-corrected chi connectivity index (χ4v) is 9.65. The van der Waals surface area contributed by atoms with Gasteiger partial charge >= 0.3 is 0 Å². The molecule has 0 aromatic carbocycles. The summed E-state index contributed by atoms with van der Waals surface area (Å²) in [5.41, 5.74) is -0.920. The maximum atomic E-state index is 13.2. The normalized spacial score (nSPS) is 13.7. The maximum Gasteiger partial charge on any atom is 0.0936 e. The SMILES string of the molecule is CCCCCCCCCCCCC(O)(COC(C)CO)C(CCCCCCCCCCCC)(CCCCCCCCCCCC)CCCCCCCCCCCC. The van der Waals surface area contributed by atoms with E-state index < -0.39 is 5.60 Å². The van der Waals surface area contributed by atoms with Gasteiger partial charge in [-0.15, -0.1) is 0 Å². The van der Waals surface area contributed by atoms with Crippen molar-refractivity contribution in [2.24, 2.45) is 5.41 Å². The summed E-state index contributed by atoms with van der Waals surface area (Å²) in [7, 11) is 0. The van der Waals surface area contributed by atoms with Gasteiger partial charge in [-0.05, 0) is 32.6 Å². The van der Waals surface area contributed by atoms with Gasteiger partial charge in [0, 0.05) is 5.41 Å². The molecule has 0 heterocycles. The van der Waals surface area contributed by atoms with Gasteiger partial charge in [0.1, 0.15) is 0 Å². The van der Waals surface area contributed by atoms with Gasteiger partial charge < -0.3 is 14.9 Å². The molecule has 0 bridgehead atoms. The zero-order chi connectivity index (χ0) is 41.8. The molecule has 0 aromatic heterocycles. The number of hydrogen-bond acceptors (Lipinski definition) is 3. The zero-order valence-electron chi connectivity index (χ0n) is 40.4. The molecule has 0 fully saturated rings. The Morgan fingerprint density at radius 3 is 0.772 bits per heavy atom. The van der Waals surface area contributed by atoms with Crippen molar-refractivity contribution in [2.45, 2.75) is 329 Å². The van der Waals surface area contributed by atoms with Crippen LogP contribution in [0.3, 0.4) is 0 Å². The van der Waals surface area contributed by atoms with Crippen LogP contribution in [0.4, 0.5) is 0 Å². The summed E-state index contributed by atoms with van der Waals surface area (Å²) in [6.45, 7) is 11.6. The number of aliphatic hydroxyl groups excluding tert-OH is 1. The molecule has 0 aliphatic rings. The molecule has 0 aliphatic heterocycles. The Bertz CT molecular complexity index is 693. The third kappa shape index (κ3) is 34.2. The van der Waals surface area contributed by atoms with Crippen LogP contribution < -0.4 is 0 Å². The molecule has 0 aromatic rings. The largest absolute Gasteiger partial charge is 0.394 e. The highest BCUT2D eigenvalue weighted by molar-refractivity contribution is 4.99. The number of aliphatic hydroxyl groups is 2. The lowest BCUT2D eigenvalue weighted by Gasteiger charge is -2.49. The van der Waals surface area contributed by atoms with E-state index in [0.29, 0.717) is 6.61 Å². The van der Waals surface area contributed by atoms with Gasteiger partial charge in [0.2, 0.25) is 0 Å². The molecule has 0 saturated carbocycles. The fourth-order valence-electron chi connectivity index (χ4n) is 9.65. The first-order valence-electron chi connectivity index (χ1n) is 26.9. The zero-order valence-corrected chi connectivity index (χ0v) is 40.4. The topological polar surface area (TPSA) is 49.7 Å². The molecule has 0 radical (unpaired) electrons. The summed E-state index contributed by atoms with van der Waals surface area (Å²) in [5, 5.41) is 23.2. The van der Waals surface area contributed by atoms with Gasteiger partial charge in [-0.3, -0.25) is 0 Å². The lowest BCUT2D eigenvalue weighted by atomic mass is 9.61. The molecule has 3 nitrogen and oxygen atoms in total. The standard InChI is InChI=1S/C54H110O3/c1-6-10-14-18-22-26-30-34-38-42-46-53(47-43-39-35-31-27-23-19-15-11-7-2,48-44-40-36-32-28-24-20-16-12-8-3)54(56,51-57-52(5)50-55)49-45-41-37-33-29-25-21-17-13-9-4/h52,55-56H,6-51H2,1-5H3. The van der Waals surface area contributed by atoms with Gasteiger partial charge in [-0.2, -0.15) is 0 Å².